The van der Waals surface area contributed by atoms with E-state index in [0.717, 1.165) is 5.56 Å². The van der Waals surface area contributed by atoms with Gasteiger partial charge in [0.1, 0.15) is 18.1 Å². The molecule has 13 nitrogen and oxygen atoms in total. The van der Waals surface area contributed by atoms with Crippen molar-refractivity contribution < 1.29 is 29.4 Å². The number of carbonyl (C=O) groups excluding carboxylic acids is 3. The zero-order valence-electron chi connectivity index (χ0n) is 20.0. The molecule has 0 bridgehead atoms. The summed E-state index contributed by atoms with van der Waals surface area (Å²) in [6.07, 6.45) is -0.812. The van der Waals surface area contributed by atoms with Crippen LogP contribution in [0.3, 0.4) is 0 Å². The van der Waals surface area contributed by atoms with E-state index in [1.165, 1.54) is 6.92 Å². The molecule has 5 atom stereocenters. The number of hydrogen-bond donors (Lipinski definition) is 9. The summed E-state index contributed by atoms with van der Waals surface area (Å²) < 4.78 is 0. The first kappa shape index (κ1) is 30.7. The van der Waals surface area contributed by atoms with Gasteiger partial charge in [-0.15, -0.1) is 0 Å². The molecular formula is C22H35N7O6S. The summed E-state index contributed by atoms with van der Waals surface area (Å²) in [5.74, 6) is -3.94. The molecule has 0 saturated heterocycles. The molecule has 1 aromatic rings. The van der Waals surface area contributed by atoms with Crippen molar-refractivity contribution in [2.24, 2.45) is 22.2 Å². The summed E-state index contributed by atoms with van der Waals surface area (Å²) >= 11 is 3.91. The number of nitrogens with one attached hydrogen (secondary N) is 3. The molecule has 11 N–H and O–H groups in total. The number of aliphatic imine (C=N–C) groups is 1. The molecule has 0 aliphatic heterocycles. The monoisotopic (exact) mass is 525 g/mol. The van der Waals surface area contributed by atoms with E-state index >= 15 is 0 Å². The zero-order valence-corrected chi connectivity index (χ0v) is 20.9. The lowest BCUT2D eigenvalue weighted by molar-refractivity contribution is -0.141. The van der Waals surface area contributed by atoms with Crippen molar-refractivity contribution in [3.8, 4) is 0 Å². The van der Waals surface area contributed by atoms with Crippen molar-refractivity contribution in [1.29, 1.82) is 0 Å². The fourth-order valence-electron chi connectivity index (χ4n) is 3.12. The van der Waals surface area contributed by atoms with Gasteiger partial charge < -0.3 is 43.4 Å². The maximum atomic E-state index is 12.9. The topological polar surface area (TPSA) is 235 Å². The Hall–Kier alpha value is -3.36. The third kappa shape index (κ3) is 10.9. The molecule has 0 spiro atoms. The van der Waals surface area contributed by atoms with Crippen molar-refractivity contribution in [3.63, 3.8) is 0 Å². The summed E-state index contributed by atoms with van der Waals surface area (Å²) in [5, 5.41) is 26.5. The highest BCUT2D eigenvalue weighted by molar-refractivity contribution is 7.80. The van der Waals surface area contributed by atoms with Gasteiger partial charge in [0.25, 0.3) is 0 Å². The van der Waals surface area contributed by atoms with Gasteiger partial charge in [-0.1, -0.05) is 30.3 Å². The van der Waals surface area contributed by atoms with Crippen LogP contribution in [0.2, 0.25) is 0 Å². The number of carbonyl (C=O) groups is 4. The third-order valence-electron chi connectivity index (χ3n) is 5.07. The predicted molar refractivity (Wildman–Crippen MR) is 137 cm³/mol. The Morgan fingerprint density at radius 3 is 2.14 bits per heavy atom. The van der Waals surface area contributed by atoms with Gasteiger partial charge in [-0.05, 0) is 31.7 Å². The number of guanidine groups is 1. The Bertz CT molecular complexity index is 911. The van der Waals surface area contributed by atoms with Gasteiger partial charge in [0.15, 0.2) is 5.96 Å². The number of benzene rings is 1. The highest BCUT2D eigenvalue weighted by Gasteiger charge is 2.32. The molecule has 200 valence electrons. The van der Waals surface area contributed by atoms with Crippen LogP contribution in [-0.2, 0) is 25.6 Å². The molecule has 36 heavy (non-hydrogen) atoms. The maximum absolute atomic E-state index is 12.9. The number of amides is 3. The van der Waals surface area contributed by atoms with Crippen molar-refractivity contribution in [2.45, 2.75) is 56.5 Å². The predicted octanol–water partition coefficient (Wildman–Crippen LogP) is -2.54. The lowest BCUT2D eigenvalue weighted by Crippen LogP contribution is -2.60. The van der Waals surface area contributed by atoms with Gasteiger partial charge in [0.2, 0.25) is 17.7 Å². The molecule has 0 saturated carbocycles. The smallest absolute Gasteiger partial charge is 0.327 e. The standard InChI is InChI=1S/C22H35N7O6S/c1-12(30)17(29-18(31)14(23)10-13-6-3-2-4-7-13)20(33)27-15(8-5-9-26-22(24)25)19(32)28-16(11-36)21(34)35/h2-4,6-7,12,14-17,30,36H,5,8-11,23H2,1H3,(H,27,33)(H,28,32)(H,29,31)(H,34,35)(H4,24,25,26). The number of nitrogens with zero attached hydrogens (tertiary/aromatic N) is 1. The second kappa shape index (κ2) is 15.6. The normalized spacial score (nSPS) is 14.9. The van der Waals surface area contributed by atoms with Crippen LogP contribution >= 0.6 is 12.6 Å². The molecule has 0 radical (unpaired) electrons. The fraction of sp³-hybridized carbons (Fsp3) is 0.500. The van der Waals surface area contributed by atoms with E-state index in [1.807, 2.05) is 6.07 Å². The highest BCUT2D eigenvalue weighted by atomic mass is 32.1. The third-order valence-corrected chi connectivity index (χ3v) is 5.44. The van der Waals surface area contributed by atoms with E-state index in [4.69, 9.17) is 17.2 Å². The minimum absolute atomic E-state index is 0.0429. The number of nitrogens with two attached hydrogens (primary N) is 3. The number of aliphatic hydroxyl groups is 1. The van der Waals surface area contributed by atoms with E-state index in [-0.39, 0.29) is 37.5 Å². The molecule has 1 aromatic carbocycles. The summed E-state index contributed by atoms with van der Waals surface area (Å²) in [6, 6.07) is 4.10. The van der Waals surface area contributed by atoms with E-state index < -0.39 is 54.0 Å². The van der Waals surface area contributed by atoms with E-state index in [0.29, 0.717) is 0 Å². The molecular weight excluding hydrogens is 490 g/mol. The highest BCUT2D eigenvalue weighted by Crippen LogP contribution is 2.05. The van der Waals surface area contributed by atoms with Crippen molar-refractivity contribution in [3.05, 3.63) is 35.9 Å². The minimum Gasteiger partial charge on any atom is -0.480 e. The summed E-state index contributed by atoms with van der Waals surface area (Å²) in [5.41, 5.74) is 17.4. The van der Waals surface area contributed by atoms with Gasteiger partial charge in [-0.2, -0.15) is 12.6 Å². The second-order valence-electron chi connectivity index (χ2n) is 8.12. The Morgan fingerprint density at radius 2 is 1.61 bits per heavy atom. The average Bonchev–Trinajstić information content (AvgIpc) is 2.82. The van der Waals surface area contributed by atoms with Crippen molar-refractivity contribution >= 4 is 42.3 Å². The largest absolute Gasteiger partial charge is 0.480 e. The first-order valence-electron chi connectivity index (χ1n) is 11.2. The molecule has 0 aliphatic carbocycles. The van der Waals surface area contributed by atoms with E-state index in [2.05, 4.69) is 33.6 Å². The summed E-state index contributed by atoms with van der Waals surface area (Å²) in [6.45, 7) is 1.45. The fourth-order valence-corrected chi connectivity index (χ4v) is 3.37. The average molecular weight is 526 g/mol. The molecule has 0 aliphatic rings. The number of thiol groups is 1. The molecule has 0 heterocycles. The number of aliphatic hydroxyl groups excluding tert-OH is 1. The van der Waals surface area contributed by atoms with Gasteiger partial charge in [0.05, 0.1) is 12.1 Å². The Labute approximate surface area is 214 Å². The lowest BCUT2D eigenvalue weighted by atomic mass is 10.0. The molecule has 5 unspecified atom stereocenters. The van der Waals surface area contributed by atoms with Crippen LogP contribution in [0.4, 0.5) is 0 Å². The maximum Gasteiger partial charge on any atom is 0.327 e. The van der Waals surface area contributed by atoms with E-state index in [1.54, 1.807) is 24.3 Å². The Balaban J connectivity index is 2.92. The first-order chi connectivity index (χ1) is 17.0. The van der Waals surface area contributed by atoms with Crippen LogP contribution in [0, 0.1) is 0 Å². The van der Waals surface area contributed by atoms with Gasteiger partial charge in [-0.25, -0.2) is 4.79 Å². The number of carboxylic acid groups (broad SMARTS) is 1. The molecule has 0 aromatic heterocycles. The van der Waals surface area contributed by atoms with Crippen LogP contribution < -0.4 is 33.2 Å². The molecule has 1 rings (SSSR count). The summed E-state index contributed by atoms with van der Waals surface area (Å²) in [4.78, 5) is 53.3. The Morgan fingerprint density at radius 1 is 1.00 bits per heavy atom. The van der Waals surface area contributed by atoms with Crippen LogP contribution in [-0.4, -0.2) is 82.4 Å². The van der Waals surface area contributed by atoms with Gasteiger partial charge in [0, 0.05) is 12.3 Å². The molecule has 0 fully saturated rings. The van der Waals surface area contributed by atoms with Crippen LogP contribution in [0.1, 0.15) is 25.3 Å². The molecule has 3 amide bonds. The summed E-state index contributed by atoms with van der Waals surface area (Å²) in [7, 11) is 0. The second-order valence-corrected chi connectivity index (χ2v) is 8.48. The first-order valence-corrected chi connectivity index (χ1v) is 11.9. The number of rotatable bonds is 15. The number of hydrogen-bond acceptors (Lipinski definition) is 8. The quantitative estimate of drug-likeness (QED) is 0.0507. The number of aliphatic carboxylic acids is 1. The van der Waals surface area contributed by atoms with Crippen molar-refractivity contribution in [2.75, 3.05) is 12.3 Å². The Kier molecular flexibility index (Phi) is 13.3. The molecule has 14 heteroatoms. The SMILES string of the molecule is CC(O)C(NC(=O)C(N)Cc1ccccc1)C(=O)NC(CCCN=C(N)N)C(=O)NC(CS)C(=O)O. The zero-order chi connectivity index (χ0) is 27.3. The lowest BCUT2D eigenvalue weighted by Gasteiger charge is -2.26. The number of carboxylic acids is 1. The minimum atomic E-state index is -1.42. The van der Waals surface area contributed by atoms with Crippen LogP contribution in [0.25, 0.3) is 0 Å². The van der Waals surface area contributed by atoms with Crippen LogP contribution in [0.5, 0.6) is 0 Å². The van der Waals surface area contributed by atoms with Crippen LogP contribution in [0.15, 0.2) is 35.3 Å². The van der Waals surface area contributed by atoms with Crippen molar-refractivity contribution in [1.82, 2.24) is 16.0 Å². The van der Waals surface area contributed by atoms with Gasteiger partial charge in [-0.3, -0.25) is 19.4 Å². The van der Waals surface area contributed by atoms with Gasteiger partial charge >= 0.3 is 5.97 Å². The van der Waals surface area contributed by atoms with E-state index in [9.17, 15) is 29.4 Å².